The van der Waals surface area contributed by atoms with Crippen LogP contribution in [0.1, 0.15) is 31.2 Å². The van der Waals surface area contributed by atoms with E-state index in [4.69, 9.17) is 4.84 Å². The molecule has 1 aliphatic carbocycles. The van der Waals surface area contributed by atoms with Gasteiger partial charge in [-0.2, -0.15) is 5.48 Å². The van der Waals surface area contributed by atoms with E-state index in [1.54, 1.807) is 0 Å². The number of hydrogen-bond donors (Lipinski definition) is 2. The molecule has 1 saturated carbocycles. The van der Waals surface area contributed by atoms with Crippen LogP contribution in [-0.2, 0) is 16.1 Å². The van der Waals surface area contributed by atoms with Crippen LogP contribution in [-0.4, -0.2) is 18.0 Å². The van der Waals surface area contributed by atoms with Crippen LogP contribution in [0.5, 0.6) is 0 Å². The normalized spacial score (nSPS) is 14.9. The molecule has 102 valence electrons. The Hall–Kier alpha value is -2.04. The van der Waals surface area contributed by atoms with Gasteiger partial charge in [0.1, 0.15) is 0 Å². The van der Waals surface area contributed by atoms with Crippen molar-refractivity contribution in [2.75, 3.05) is 0 Å². The molecule has 5 nitrogen and oxygen atoms in total. The third kappa shape index (κ3) is 4.62. The van der Waals surface area contributed by atoms with Crippen molar-refractivity contribution in [3.05, 3.63) is 35.9 Å². The number of rotatable bonds is 3. The second-order valence-electron chi connectivity index (χ2n) is 4.69. The largest absolute Gasteiger partial charge is 0.348 e. The minimum Gasteiger partial charge on any atom is -0.339 e. The molecule has 0 radical (unpaired) electrons. The van der Waals surface area contributed by atoms with Crippen molar-refractivity contribution < 1.29 is 14.4 Å². The van der Waals surface area contributed by atoms with Crippen LogP contribution >= 0.6 is 0 Å². The van der Waals surface area contributed by atoms with Gasteiger partial charge in [-0.25, -0.2) is 9.59 Å². The third-order valence-electron chi connectivity index (χ3n) is 3.14. The number of urea groups is 1. The number of benzene rings is 1. The van der Waals surface area contributed by atoms with Crippen LogP contribution in [0.2, 0.25) is 0 Å². The van der Waals surface area contributed by atoms with Crippen LogP contribution in [0.4, 0.5) is 4.79 Å². The van der Waals surface area contributed by atoms with Crippen molar-refractivity contribution in [3.8, 4) is 0 Å². The lowest BCUT2D eigenvalue weighted by atomic mass is 10.2. The van der Waals surface area contributed by atoms with Crippen LogP contribution in [0.25, 0.3) is 0 Å². The van der Waals surface area contributed by atoms with Crippen molar-refractivity contribution >= 4 is 12.0 Å². The fourth-order valence-corrected chi connectivity index (χ4v) is 2.19. The van der Waals surface area contributed by atoms with Gasteiger partial charge in [-0.15, -0.1) is 0 Å². The van der Waals surface area contributed by atoms with Gasteiger partial charge in [-0.3, -0.25) is 0 Å². The second-order valence-corrected chi connectivity index (χ2v) is 4.69. The SMILES string of the molecule is O=C(NOC(=O)Cc1ccccc1)NC1CCCC1. The average molecular weight is 262 g/mol. The van der Waals surface area contributed by atoms with E-state index in [2.05, 4.69) is 10.8 Å². The quantitative estimate of drug-likeness (QED) is 0.818. The van der Waals surface area contributed by atoms with Gasteiger partial charge < -0.3 is 10.2 Å². The molecule has 0 bridgehead atoms. The molecule has 2 N–H and O–H groups in total. The van der Waals surface area contributed by atoms with Gasteiger partial charge >= 0.3 is 12.0 Å². The van der Waals surface area contributed by atoms with Gasteiger partial charge in [-0.05, 0) is 18.4 Å². The topological polar surface area (TPSA) is 67.4 Å². The van der Waals surface area contributed by atoms with E-state index in [0.29, 0.717) is 0 Å². The Labute approximate surface area is 112 Å². The van der Waals surface area contributed by atoms with Crippen LogP contribution in [0.3, 0.4) is 0 Å². The number of hydroxylamine groups is 1. The lowest BCUT2D eigenvalue weighted by Crippen LogP contribution is -2.41. The first-order valence-corrected chi connectivity index (χ1v) is 6.54. The number of nitrogens with one attached hydrogen (secondary N) is 2. The standard InChI is InChI=1S/C14H18N2O3/c17-13(10-11-6-2-1-3-7-11)19-16-14(18)15-12-8-4-5-9-12/h1-3,6-7,12H,4-5,8-10H2,(H2,15,16,18). The molecule has 0 aliphatic heterocycles. The second kappa shape index (κ2) is 6.78. The van der Waals surface area contributed by atoms with E-state index < -0.39 is 12.0 Å². The lowest BCUT2D eigenvalue weighted by Gasteiger charge is -2.12. The molecule has 5 heteroatoms. The lowest BCUT2D eigenvalue weighted by molar-refractivity contribution is -0.147. The summed E-state index contributed by atoms with van der Waals surface area (Å²) >= 11 is 0. The first-order chi connectivity index (χ1) is 9.24. The molecule has 0 heterocycles. The monoisotopic (exact) mass is 262 g/mol. The molecule has 1 aromatic carbocycles. The predicted molar refractivity (Wildman–Crippen MR) is 70.2 cm³/mol. The minimum atomic E-state index is -0.479. The summed E-state index contributed by atoms with van der Waals surface area (Å²) in [5, 5.41) is 2.77. The Morgan fingerprint density at radius 3 is 2.53 bits per heavy atom. The number of hydrogen-bond acceptors (Lipinski definition) is 3. The zero-order valence-electron chi connectivity index (χ0n) is 10.7. The van der Waals surface area contributed by atoms with Gasteiger partial charge in [0.25, 0.3) is 0 Å². The maximum absolute atomic E-state index is 11.5. The van der Waals surface area contributed by atoms with Crippen LogP contribution in [0.15, 0.2) is 30.3 Å². The fraction of sp³-hybridized carbons (Fsp3) is 0.429. The van der Waals surface area contributed by atoms with Gasteiger partial charge in [-0.1, -0.05) is 43.2 Å². The van der Waals surface area contributed by atoms with Gasteiger partial charge in [0.2, 0.25) is 0 Å². The van der Waals surface area contributed by atoms with E-state index in [1.165, 1.54) is 0 Å². The van der Waals surface area contributed by atoms with E-state index in [1.807, 2.05) is 30.3 Å². The van der Waals surface area contributed by atoms with E-state index >= 15 is 0 Å². The van der Waals surface area contributed by atoms with E-state index in [-0.39, 0.29) is 12.5 Å². The van der Waals surface area contributed by atoms with E-state index in [9.17, 15) is 9.59 Å². The first kappa shape index (κ1) is 13.4. The van der Waals surface area contributed by atoms with Crippen molar-refractivity contribution in [1.82, 2.24) is 10.8 Å². The molecule has 0 spiro atoms. The zero-order chi connectivity index (χ0) is 13.5. The summed E-state index contributed by atoms with van der Waals surface area (Å²) in [5.74, 6) is -0.479. The molecule has 0 saturated heterocycles. The predicted octanol–water partition coefficient (Wildman–Crippen LogP) is 1.93. The molecule has 19 heavy (non-hydrogen) atoms. The van der Waals surface area contributed by atoms with Gasteiger partial charge in [0, 0.05) is 6.04 Å². The average Bonchev–Trinajstić information content (AvgIpc) is 2.90. The van der Waals surface area contributed by atoms with Crippen LogP contribution < -0.4 is 10.8 Å². The van der Waals surface area contributed by atoms with Crippen molar-refractivity contribution in [2.24, 2.45) is 0 Å². The maximum Gasteiger partial charge on any atom is 0.348 e. The highest BCUT2D eigenvalue weighted by molar-refractivity contribution is 5.77. The first-order valence-electron chi connectivity index (χ1n) is 6.54. The molecule has 2 rings (SSSR count). The highest BCUT2D eigenvalue weighted by Crippen LogP contribution is 2.17. The Balaban J connectivity index is 1.67. The summed E-state index contributed by atoms with van der Waals surface area (Å²) in [6.45, 7) is 0. The Kier molecular flexibility index (Phi) is 4.78. The Morgan fingerprint density at radius 1 is 1.16 bits per heavy atom. The summed E-state index contributed by atoms with van der Waals surface area (Å²) in [6.07, 6.45) is 4.40. The summed E-state index contributed by atoms with van der Waals surface area (Å²) < 4.78 is 0. The number of amides is 2. The maximum atomic E-state index is 11.5. The number of carbonyl (C=O) groups is 2. The van der Waals surface area contributed by atoms with Gasteiger partial charge in [0.15, 0.2) is 0 Å². The Bertz CT molecular complexity index is 428. The molecule has 1 aromatic rings. The molecule has 1 fully saturated rings. The van der Waals surface area contributed by atoms with Gasteiger partial charge in [0.05, 0.1) is 6.42 Å². The highest BCUT2D eigenvalue weighted by Gasteiger charge is 2.17. The fourth-order valence-electron chi connectivity index (χ4n) is 2.19. The Morgan fingerprint density at radius 2 is 1.84 bits per heavy atom. The number of carbonyl (C=O) groups excluding carboxylic acids is 2. The molecule has 0 atom stereocenters. The summed E-state index contributed by atoms with van der Waals surface area (Å²) in [5.41, 5.74) is 2.98. The molecular formula is C14H18N2O3. The molecular weight excluding hydrogens is 244 g/mol. The molecule has 2 amide bonds. The van der Waals surface area contributed by atoms with Crippen molar-refractivity contribution in [3.63, 3.8) is 0 Å². The van der Waals surface area contributed by atoms with Crippen LogP contribution in [0, 0.1) is 0 Å². The van der Waals surface area contributed by atoms with Crippen molar-refractivity contribution in [2.45, 2.75) is 38.1 Å². The summed E-state index contributed by atoms with van der Waals surface area (Å²) in [7, 11) is 0. The minimum absolute atomic E-state index is 0.143. The zero-order valence-corrected chi connectivity index (χ0v) is 10.7. The summed E-state index contributed by atoms with van der Waals surface area (Å²) in [4.78, 5) is 27.7. The summed E-state index contributed by atoms with van der Waals surface area (Å²) in [6, 6.07) is 8.99. The third-order valence-corrected chi connectivity index (χ3v) is 3.14. The van der Waals surface area contributed by atoms with E-state index in [0.717, 1.165) is 31.2 Å². The molecule has 1 aliphatic rings. The van der Waals surface area contributed by atoms with Crippen molar-refractivity contribution in [1.29, 1.82) is 0 Å². The molecule has 0 unspecified atom stereocenters. The highest BCUT2D eigenvalue weighted by atomic mass is 16.7. The smallest absolute Gasteiger partial charge is 0.339 e. The molecule has 0 aromatic heterocycles.